The Balaban J connectivity index is 2.04. The topological polar surface area (TPSA) is 37.7 Å². The predicted molar refractivity (Wildman–Crippen MR) is 95.7 cm³/mol. The Hall–Kier alpha value is -2.36. The molecule has 0 saturated heterocycles. The van der Waals surface area contributed by atoms with Crippen LogP contribution >= 0.6 is 0 Å². The van der Waals surface area contributed by atoms with Crippen molar-refractivity contribution in [1.82, 2.24) is 9.88 Å². The van der Waals surface area contributed by atoms with Crippen molar-refractivity contribution in [2.45, 2.75) is 34.3 Å². The average molecular weight is 311 g/mol. The van der Waals surface area contributed by atoms with E-state index in [0.29, 0.717) is 12.5 Å². The first-order valence-electron chi connectivity index (χ1n) is 7.90. The van der Waals surface area contributed by atoms with Gasteiger partial charge in [0.15, 0.2) is 0 Å². The molecule has 122 valence electrons. The molecular formula is C19H25N3O. The molecule has 0 atom stereocenters. The van der Waals surface area contributed by atoms with Gasteiger partial charge in [0, 0.05) is 19.7 Å². The molecule has 0 amide bonds. The molecule has 23 heavy (non-hydrogen) atoms. The van der Waals surface area contributed by atoms with Crippen molar-refractivity contribution >= 4 is 12.0 Å². The molecular weight excluding hydrogens is 286 g/mol. The van der Waals surface area contributed by atoms with Crippen LogP contribution in [0.15, 0.2) is 35.3 Å². The molecule has 4 nitrogen and oxygen atoms in total. The third-order valence-corrected chi connectivity index (χ3v) is 3.59. The molecule has 0 fully saturated rings. The predicted octanol–water partition coefficient (Wildman–Crippen LogP) is 4.20. The summed E-state index contributed by atoms with van der Waals surface area (Å²) < 4.78 is 5.81. The van der Waals surface area contributed by atoms with Crippen LogP contribution in [0.3, 0.4) is 0 Å². The number of nitrogens with zero attached hydrogens (tertiary/aromatic N) is 3. The highest BCUT2D eigenvalue weighted by Gasteiger charge is 2.03. The van der Waals surface area contributed by atoms with Gasteiger partial charge >= 0.3 is 0 Å². The van der Waals surface area contributed by atoms with E-state index in [-0.39, 0.29) is 0 Å². The molecule has 1 heterocycles. The Bertz CT molecular complexity index is 675. The van der Waals surface area contributed by atoms with E-state index in [0.717, 1.165) is 23.5 Å². The molecule has 0 aliphatic carbocycles. The number of pyridine rings is 1. The van der Waals surface area contributed by atoms with Crippen LogP contribution in [0.5, 0.6) is 5.88 Å². The second kappa shape index (κ2) is 7.77. The van der Waals surface area contributed by atoms with Crippen molar-refractivity contribution in [3.63, 3.8) is 0 Å². The number of rotatable bonds is 6. The van der Waals surface area contributed by atoms with Crippen LogP contribution in [-0.2, 0) is 6.61 Å². The maximum atomic E-state index is 5.81. The smallest absolute Gasteiger partial charge is 0.213 e. The number of aromatic nitrogens is 1. The molecule has 2 aromatic rings. The van der Waals surface area contributed by atoms with E-state index >= 15 is 0 Å². The Kier molecular flexibility index (Phi) is 5.74. The molecule has 0 spiro atoms. The van der Waals surface area contributed by atoms with Crippen LogP contribution in [0.4, 0.5) is 5.69 Å². The van der Waals surface area contributed by atoms with E-state index in [4.69, 9.17) is 4.74 Å². The zero-order valence-electron chi connectivity index (χ0n) is 14.6. The molecule has 1 aromatic carbocycles. The van der Waals surface area contributed by atoms with E-state index in [1.165, 1.54) is 11.1 Å². The lowest BCUT2D eigenvalue weighted by molar-refractivity contribution is 0.293. The van der Waals surface area contributed by atoms with Gasteiger partial charge in [0.2, 0.25) is 5.88 Å². The van der Waals surface area contributed by atoms with E-state index in [9.17, 15) is 0 Å². The van der Waals surface area contributed by atoms with Gasteiger partial charge in [-0.2, -0.15) is 0 Å². The summed E-state index contributed by atoms with van der Waals surface area (Å²) in [5, 5.41) is 0. The van der Waals surface area contributed by atoms with Gasteiger partial charge in [-0.15, -0.1) is 0 Å². The van der Waals surface area contributed by atoms with E-state index in [2.05, 4.69) is 48.9 Å². The third kappa shape index (κ3) is 5.09. The van der Waals surface area contributed by atoms with Gasteiger partial charge in [-0.3, -0.25) is 0 Å². The van der Waals surface area contributed by atoms with E-state index in [1.54, 1.807) is 0 Å². The quantitative estimate of drug-likeness (QED) is 0.593. The molecule has 1 aromatic heterocycles. The number of hydrogen-bond acceptors (Lipinski definition) is 3. The van der Waals surface area contributed by atoms with Gasteiger partial charge in [0.05, 0.1) is 17.7 Å². The third-order valence-electron chi connectivity index (χ3n) is 3.59. The van der Waals surface area contributed by atoms with Gasteiger partial charge in [-0.05, 0) is 39.3 Å². The van der Waals surface area contributed by atoms with Crippen LogP contribution < -0.4 is 4.74 Å². The highest BCUT2D eigenvalue weighted by atomic mass is 16.5. The van der Waals surface area contributed by atoms with Crippen molar-refractivity contribution in [1.29, 1.82) is 0 Å². The molecule has 0 aliphatic heterocycles. The molecule has 0 saturated carbocycles. The summed E-state index contributed by atoms with van der Waals surface area (Å²) in [7, 11) is 1.99. The van der Waals surface area contributed by atoms with Crippen LogP contribution in [0, 0.1) is 20.8 Å². The second-order valence-corrected chi connectivity index (χ2v) is 5.86. The van der Waals surface area contributed by atoms with Crippen molar-refractivity contribution in [3.8, 4) is 5.88 Å². The summed E-state index contributed by atoms with van der Waals surface area (Å²) in [6.07, 6.45) is 1.82. The molecule has 0 aliphatic rings. The lowest BCUT2D eigenvalue weighted by Crippen LogP contribution is -2.14. The molecule has 4 heteroatoms. The first-order chi connectivity index (χ1) is 11.0. The Morgan fingerprint density at radius 3 is 2.43 bits per heavy atom. The minimum Gasteiger partial charge on any atom is -0.473 e. The fourth-order valence-corrected chi connectivity index (χ4v) is 2.30. The van der Waals surface area contributed by atoms with Crippen LogP contribution in [0.2, 0.25) is 0 Å². The van der Waals surface area contributed by atoms with Gasteiger partial charge in [0.1, 0.15) is 6.61 Å². The Morgan fingerprint density at radius 1 is 1.13 bits per heavy atom. The van der Waals surface area contributed by atoms with Crippen LogP contribution in [-0.4, -0.2) is 29.8 Å². The summed E-state index contributed by atoms with van der Waals surface area (Å²) >= 11 is 0. The van der Waals surface area contributed by atoms with Gasteiger partial charge < -0.3 is 9.64 Å². The lowest BCUT2D eigenvalue weighted by atomic mass is 10.1. The summed E-state index contributed by atoms with van der Waals surface area (Å²) in [6, 6.07) is 10.2. The van der Waals surface area contributed by atoms with Gasteiger partial charge in [-0.25, -0.2) is 9.98 Å². The highest BCUT2D eigenvalue weighted by Crippen LogP contribution is 2.20. The van der Waals surface area contributed by atoms with Crippen molar-refractivity contribution in [3.05, 3.63) is 52.7 Å². The Labute approximate surface area is 138 Å². The zero-order valence-corrected chi connectivity index (χ0v) is 14.6. The van der Waals surface area contributed by atoms with Crippen molar-refractivity contribution < 1.29 is 4.74 Å². The molecule has 0 radical (unpaired) electrons. The second-order valence-electron chi connectivity index (χ2n) is 5.86. The number of hydrogen-bond donors (Lipinski definition) is 0. The van der Waals surface area contributed by atoms with Crippen molar-refractivity contribution in [2.75, 3.05) is 13.6 Å². The maximum Gasteiger partial charge on any atom is 0.213 e. The molecule has 2 rings (SSSR count). The standard InChI is InChI=1S/C19H25N3O/c1-6-22(5)13-20-18-7-8-19(21-16(18)4)23-12-17-10-14(2)9-15(3)11-17/h7-11,13H,6,12H2,1-5H3/b20-13+. The monoisotopic (exact) mass is 311 g/mol. The average Bonchev–Trinajstić information content (AvgIpc) is 2.50. The van der Waals surface area contributed by atoms with Gasteiger partial charge in [-0.1, -0.05) is 29.3 Å². The number of ether oxygens (including phenoxy) is 1. The summed E-state index contributed by atoms with van der Waals surface area (Å²) in [6.45, 7) is 9.67. The fourth-order valence-electron chi connectivity index (χ4n) is 2.30. The SMILES string of the molecule is CCN(C)/C=N/c1ccc(OCc2cc(C)cc(C)c2)nc1C. The normalized spacial score (nSPS) is 11.0. The van der Waals surface area contributed by atoms with E-state index < -0.39 is 0 Å². The van der Waals surface area contributed by atoms with Crippen molar-refractivity contribution in [2.24, 2.45) is 4.99 Å². The highest BCUT2D eigenvalue weighted by molar-refractivity contribution is 5.62. The minimum absolute atomic E-state index is 0.524. The number of aliphatic imine (C=N–C) groups is 1. The summed E-state index contributed by atoms with van der Waals surface area (Å²) in [5.74, 6) is 0.629. The lowest BCUT2D eigenvalue weighted by Gasteiger charge is -2.10. The maximum absolute atomic E-state index is 5.81. The minimum atomic E-state index is 0.524. The fraction of sp³-hybridized carbons (Fsp3) is 0.368. The largest absolute Gasteiger partial charge is 0.473 e. The zero-order chi connectivity index (χ0) is 16.8. The Morgan fingerprint density at radius 2 is 1.83 bits per heavy atom. The van der Waals surface area contributed by atoms with E-state index in [1.807, 2.05) is 37.3 Å². The summed E-state index contributed by atoms with van der Waals surface area (Å²) in [4.78, 5) is 10.9. The molecule has 0 bridgehead atoms. The van der Waals surface area contributed by atoms with Gasteiger partial charge in [0.25, 0.3) is 0 Å². The number of aryl methyl sites for hydroxylation is 3. The van der Waals surface area contributed by atoms with Crippen LogP contribution in [0.25, 0.3) is 0 Å². The number of benzene rings is 1. The first kappa shape index (κ1) is 17.0. The first-order valence-corrected chi connectivity index (χ1v) is 7.90. The van der Waals surface area contributed by atoms with Crippen LogP contribution in [0.1, 0.15) is 29.3 Å². The summed E-state index contributed by atoms with van der Waals surface area (Å²) in [5.41, 5.74) is 5.39. The molecule has 0 N–H and O–H groups in total. The molecule has 0 unspecified atom stereocenters.